The van der Waals surface area contributed by atoms with Gasteiger partial charge in [-0.05, 0) is 44.5 Å². The molecule has 6 heteroatoms. The Morgan fingerprint density at radius 2 is 1.92 bits per heavy atom. The number of nitrogens with zero attached hydrogens (tertiary/aromatic N) is 3. The summed E-state index contributed by atoms with van der Waals surface area (Å²) in [5, 5.41) is 20.0. The van der Waals surface area contributed by atoms with Gasteiger partial charge in [-0.15, -0.1) is 0 Å². The number of nitro groups is 1. The average Bonchev–Trinajstić information content (AvgIpc) is 2.62. The SMILES string of the molecule is CCN(C(=O)c1cccc([N+](=O)[O-])c1C)C(C)c1ccc(C#N)cc1. The summed E-state index contributed by atoms with van der Waals surface area (Å²) in [7, 11) is 0. The third-order valence-electron chi connectivity index (χ3n) is 4.32. The molecule has 0 saturated heterocycles. The fraction of sp³-hybridized carbons (Fsp3) is 0.263. The Labute approximate surface area is 146 Å². The van der Waals surface area contributed by atoms with E-state index in [1.54, 1.807) is 30.0 Å². The first-order chi connectivity index (χ1) is 11.9. The van der Waals surface area contributed by atoms with E-state index in [0.717, 1.165) is 5.56 Å². The summed E-state index contributed by atoms with van der Waals surface area (Å²) >= 11 is 0. The van der Waals surface area contributed by atoms with Crippen molar-refractivity contribution in [1.82, 2.24) is 4.90 Å². The molecular formula is C19H19N3O3. The maximum atomic E-state index is 13.0. The molecule has 0 aliphatic carbocycles. The molecule has 25 heavy (non-hydrogen) atoms. The van der Waals surface area contributed by atoms with Crippen LogP contribution >= 0.6 is 0 Å². The Bertz CT molecular complexity index is 838. The van der Waals surface area contributed by atoms with Gasteiger partial charge >= 0.3 is 0 Å². The zero-order chi connectivity index (χ0) is 18.6. The molecule has 2 rings (SSSR count). The second kappa shape index (κ2) is 7.58. The second-order valence-electron chi connectivity index (χ2n) is 5.71. The maximum absolute atomic E-state index is 13.0. The van der Waals surface area contributed by atoms with Gasteiger partial charge in [0.15, 0.2) is 0 Å². The van der Waals surface area contributed by atoms with Crippen LogP contribution in [0, 0.1) is 28.4 Å². The minimum atomic E-state index is -0.480. The molecule has 1 atom stereocenters. The van der Waals surface area contributed by atoms with E-state index >= 15 is 0 Å². The Balaban J connectivity index is 2.36. The van der Waals surface area contributed by atoms with Crippen LogP contribution in [0.15, 0.2) is 42.5 Å². The molecular weight excluding hydrogens is 318 g/mol. The van der Waals surface area contributed by atoms with Crippen LogP contribution in [0.5, 0.6) is 0 Å². The van der Waals surface area contributed by atoms with Crippen LogP contribution in [0.4, 0.5) is 5.69 Å². The number of rotatable bonds is 5. The molecule has 0 aromatic heterocycles. The maximum Gasteiger partial charge on any atom is 0.273 e. The molecule has 128 valence electrons. The highest BCUT2D eigenvalue weighted by Gasteiger charge is 2.25. The van der Waals surface area contributed by atoms with E-state index in [-0.39, 0.29) is 17.6 Å². The van der Waals surface area contributed by atoms with Crippen LogP contribution in [-0.2, 0) is 0 Å². The summed E-state index contributed by atoms with van der Waals surface area (Å²) in [6, 6.07) is 13.4. The molecule has 1 unspecified atom stereocenters. The molecule has 0 aliphatic rings. The van der Waals surface area contributed by atoms with E-state index in [1.165, 1.54) is 12.1 Å². The van der Waals surface area contributed by atoms with Gasteiger partial charge in [-0.3, -0.25) is 14.9 Å². The number of hydrogen-bond donors (Lipinski definition) is 0. The normalized spacial score (nSPS) is 11.4. The lowest BCUT2D eigenvalue weighted by molar-refractivity contribution is -0.385. The number of carbonyl (C=O) groups excluding carboxylic acids is 1. The molecule has 0 N–H and O–H groups in total. The number of carbonyl (C=O) groups is 1. The Morgan fingerprint density at radius 3 is 2.44 bits per heavy atom. The lowest BCUT2D eigenvalue weighted by Crippen LogP contribution is -2.34. The van der Waals surface area contributed by atoms with Crippen LogP contribution in [0.2, 0.25) is 0 Å². The molecule has 0 fully saturated rings. The van der Waals surface area contributed by atoms with Gasteiger partial charge in [0, 0.05) is 23.7 Å². The molecule has 0 aliphatic heterocycles. The van der Waals surface area contributed by atoms with Gasteiger partial charge < -0.3 is 4.90 Å². The highest BCUT2D eigenvalue weighted by atomic mass is 16.6. The summed E-state index contributed by atoms with van der Waals surface area (Å²) in [5.41, 5.74) is 2.09. The summed E-state index contributed by atoms with van der Waals surface area (Å²) in [6.07, 6.45) is 0. The number of nitro benzene ring substituents is 1. The number of nitriles is 1. The van der Waals surface area contributed by atoms with Gasteiger partial charge in [0.05, 0.1) is 22.6 Å². The van der Waals surface area contributed by atoms with Crippen molar-refractivity contribution in [3.05, 3.63) is 74.8 Å². The first-order valence-electron chi connectivity index (χ1n) is 7.95. The van der Waals surface area contributed by atoms with E-state index < -0.39 is 4.92 Å². The van der Waals surface area contributed by atoms with Crippen molar-refractivity contribution in [2.24, 2.45) is 0 Å². The average molecular weight is 337 g/mol. The monoisotopic (exact) mass is 337 g/mol. The number of benzene rings is 2. The first kappa shape index (κ1) is 18.1. The number of hydrogen-bond acceptors (Lipinski definition) is 4. The minimum Gasteiger partial charge on any atom is -0.332 e. The highest BCUT2D eigenvalue weighted by Crippen LogP contribution is 2.26. The summed E-state index contributed by atoms with van der Waals surface area (Å²) in [4.78, 5) is 25.2. The van der Waals surface area contributed by atoms with Crippen molar-refractivity contribution in [3.63, 3.8) is 0 Å². The topological polar surface area (TPSA) is 87.2 Å². The Kier molecular flexibility index (Phi) is 5.50. The Morgan fingerprint density at radius 1 is 1.28 bits per heavy atom. The third kappa shape index (κ3) is 3.66. The van der Waals surface area contributed by atoms with E-state index in [1.807, 2.05) is 26.0 Å². The second-order valence-corrected chi connectivity index (χ2v) is 5.71. The predicted molar refractivity (Wildman–Crippen MR) is 94.1 cm³/mol. The lowest BCUT2D eigenvalue weighted by atomic mass is 10.0. The molecule has 2 aromatic rings. The van der Waals surface area contributed by atoms with Crippen LogP contribution in [0.25, 0.3) is 0 Å². The zero-order valence-corrected chi connectivity index (χ0v) is 14.4. The highest BCUT2D eigenvalue weighted by molar-refractivity contribution is 5.96. The van der Waals surface area contributed by atoms with Gasteiger partial charge in [-0.2, -0.15) is 5.26 Å². The van der Waals surface area contributed by atoms with Crippen molar-refractivity contribution in [2.75, 3.05) is 6.54 Å². The molecule has 2 aromatic carbocycles. The van der Waals surface area contributed by atoms with Crippen LogP contribution in [0.3, 0.4) is 0 Å². The summed E-state index contributed by atoms with van der Waals surface area (Å²) in [5.74, 6) is -0.249. The predicted octanol–water partition coefficient (Wildman–Crippen LogP) is 4.00. The zero-order valence-electron chi connectivity index (χ0n) is 14.4. The van der Waals surface area contributed by atoms with Gasteiger partial charge in [-0.25, -0.2) is 0 Å². The fourth-order valence-corrected chi connectivity index (χ4v) is 2.82. The van der Waals surface area contributed by atoms with E-state index in [4.69, 9.17) is 5.26 Å². The van der Waals surface area contributed by atoms with Gasteiger partial charge in [0.2, 0.25) is 0 Å². The standard InChI is InChI=1S/C19H19N3O3/c1-4-21(14(3)16-10-8-15(12-20)9-11-16)19(23)17-6-5-7-18(13(17)2)22(24)25/h5-11,14H,4H2,1-3H3. The van der Waals surface area contributed by atoms with Crippen LogP contribution in [-0.4, -0.2) is 22.3 Å². The van der Waals surface area contributed by atoms with E-state index in [9.17, 15) is 14.9 Å². The first-order valence-corrected chi connectivity index (χ1v) is 7.95. The van der Waals surface area contributed by atoms with Gasteiger partial charge in [-0.1, -0.05) is 18.2 Å². The summed E-state index contributed by atoms with van der Waals surface area (Å²) < 4.78 is 0. The largest absolute Gasteiger partial charge is 0.332 e. The van der Waals surface area contributed by atoms with Crippen molar-refractivity contribution in [3.8, 4) is 6.07 Å². The third-order valence-corrected chi connectivity index (χ3v) is 4.32. The molecule has 6 nitrogen and oxygen atoms in total. The van der Waals surface area contributed by atoms with Crippen molar-refractivity contribution >= 4 is 11.6 Å². The molecule has 0 spiro atoms. The van der Waals surface area contributed by atoms with Gasteiger partial charge in [0.25, 0.3) is 11.6 Å². The van der Waals surface area contributed by atoms with Crippen LogP contribution in [0.1, 0.15) is 46.9 Å². The van der Waals surface area contributed by atoms with Crippen molar-refractivity contribution < 1.29 is 9.72 Å². The minimum absolute atomic E-state index is 0.0621. The van der Waals surface area contributed by atoms with E-state index in [2.05, 4.69) is 6.07 Å². The van der Waals surface area contributed by atoms with Crippen molar-refractivity contribution in [1.29, 1.82) is 5.26 Å². The molecule has 0 radical (unpaired) electrons. The van der Waals surface area contributed by atoms with Crippen LogP contribution < -0.4 is 0 Å². The van der Waals surface area contributed by atoms with Gasteiger partial charge in [0.1, 0.15) is 0 Å². The fourth-order valence-electron chi connectivity index (χ4n) is 2.82. The molecule has 0 bridgehead atoms. The Hall–Kier alpha value is -3.20. The van der Waals surface area contributed by atoms with Crippen molar-refractivity contribution in [2.45, 2.75) is 26.8 Å². The molecule has 1 amide bonds. The number of amides is 1. The smallest absolute Gasteiger partial charge is 0.273 e. The lowest BCUT2D eigenvalue weighted by Gasteiger charge is -2.29. The molecule has 0 heterocycles. The summed E-state index contributed by atoms with van der Waals surface area (Å²) in [6.45, 7) is 5.81. The van der Waals surface area contributed by atoms with E-state index in [0.29, 0.717) is 23.2 Å². The molecule has 0 saturated carbocycles. The quantitative estimate of drug-likeness (QED) is 0.609.